The average Bonchev–Trinajstić information content (AvgIpc) is 2.93. The Labute approximate surface area is 107 Å². The maximum atomic E-state index is 5.68. The Morgan fingerprint density at radius 3 is 2.67 bits per heavy atom. The molecule has 5 heteroatoms. The van der Waals surface area contributed by atoms with Gasteiger partial charge in [-0.25, -0.2) is 0 Å². The number of nitrogens with two attached hydrogens (primary N) is 1. The van der Waals surface area contributed by atoms with Crippen molar-refractivity contribution in [3.63, 3.8) is 0 Å². The van der Waals surface area contributed by atoms with Crippen LogP contribution in [0.2, 0.25) is 0 Å². The Morgan fingerprint density at radius 2 is 2.11 bits per heavy atom. The molecule has 5 nitrogen and oxygen atoms in total. The van der Waals surface area contributed by atoms with E-state index in [1.165, 1.54) is 0 Å². The van der Waals surface area contributed by atoms with E-state index >= 15 is 0 Å². The molecule has 2 unspecified atom stereocenters. The van der Waals surface area contributed by atoms with Crippen LogP contribution in [0.25, 0.3) is 0 Å². The van der Waals surface area contributed by atoms with Gasteiger partial charge in [0.15, 0.2) is 11.5 Å². The molecule has 2 atom stereocenters. The zero-order valence-corrected chi connectivity index (χ0v) is 10.8. The molecule has 1 heterocycles. The van der Waals surface area contributed by atoms with E-state index in [-0.39, 0.29) is 12.1 Å². The molecule has 1 fully saturated rings. The Bertz CT molecular complexity index is 392. The Kier molecular flexibility index (Phi) is 4.41. The van der Waals surface area contributed by atoms with Gasteiger partial charge >= 0.3 is 0 Å². The van der Waals surface area contributed by atoms with E-state index in [1.54, 1.807) is 14.2 Å². The van der Waals surface area contributed by atoms with Gasteiger partial charge in [-0.15, -0.1) is 0 Å². The van der Waals surface area contributed by atoms with Crippen molar-refractivity contribution in [1.29, 1.82) is 0 Å². The highest BCUT2D eigenvalue weighted by Crippen LogP contribution is 2.33. The van der Waals surface area contributed by atoms with Crippen molar-refractivity contribution in [2.75, 3.05) is 20.8 Å². The molecule has 0 aliphatic carbocycles. The standard InChI is InChI=1S/C13H20N2O3/c1-16-10-6-5-9(8-12(10)17-2)13(15-14)11-4-3-7-18-11/h5-6,8,11,13,15H,3-4,7,14H2,1-2H3. The second kappa shape index (κ2) is 6.04. The summed E-state index contributed by atoms with van der Waals surface area (Å²) in [5.41, 5.74) is 3.87. The van der Waals surface area contributed by atoms with Crippen LogP contribution in [-0.2, 0) is 4.74 Å². The number of rotatable bonds is 5. The highest BCUT2D eigenvalue weighted by molar-refractivity contribution is 5.44. The summed E-state index contributed by atoms with van der Waals surface area (Å²) in [6.45, 7) is 0.802. The molecule has 1 aliphatic heterocycles. The van der Waals surface area contributed by atoms with Crippen molar-refractivity contribution in [2.24, 2.45) is 5.84 Å². The van der Waals surface area contributed by atoms with Crippen LogP contribution < -0.4 is 20.7 Å². The molecule has 0 spiro atoms. The van der Waals surface area contributed by atoms with E-state index in [0.717, 1.165) is 25.0 Å². The molecule has 1 aliphatic rings. The van der Waals surface area contributed by atoms with E-state index < -0.39 is 0 Å². The molecule has 0 saturated carbocycles. The molecule has 3 N–H and O–H groups in total. The molecule has 18 heavy (non-hydrogen) atoms. The second-order valence-electron chi connectivity index (χ2n) is 4.31. The first-order valence-corrected chi connectivity index (χ1v) is 6.09. The minimum atomic E-state index is -0.0210. The lowest BCUT2D eigenvalue weighted by molar-refractivity contribution is 0.0782. The zero-order valence-electron chi connectivity index (χ0n) is 10.8. The van der Waals surface area contributed by atoms with Gasteiger partial charge in [-0.3, -0.25) is 11.3 Å². The van der Waals surface area contributed by atoms with Crippen LogP contribution in [0.4, 0.5) is 0 Å². The third-order valence-electron chi connectivity index (χ3n) is 3.28. The van der Waals surface area contributed by atoms with Crippen LogP contribution in [0.1, 0.15) is 24.4 Å². The van der Waals surface area contributed by atoms with E-state index in [2.05, 4.69) is 5.43 Å². The summed E-state index contributed by atoms with van der Waals surface area (Å²) < 4.78 is 16.2. The monoisotopic (exact) mass is 252 g/mol. The van der Waals surface area contributed by atoms with Gasteiger partial charge in [0, 0.05) is 6.61 Å². The predicted octanol–water partition coefficient (Wildman–Crippen LogP) is 1.39. The van der Waals surface area contributed by atoms with Crippen molar-refractivity contribution in [3.05, 3.63) is 23.8 Å². The summed E-state index contributed by atoms with van der Waals surface area (Å²) in [6.07, 6.45) is 2.22. The lowest BCUT2D eigenvalue weighted by atomic mass is 9.99. The Balaban J connectivity index is 2.24. The maximum absolute atomic E-state index is 5.68. The van der Waals surface area contributed by atoms with Crippen LogP contribution in [0.3, 0.4) is 0 Å². The highest BCUT2D eigenvalue weighted by Gasteiger charge is 2.27. The molecule has 1 saturated heterocycles. The van der Waals surface area contributed by atoms with Crippen molar-refractivity contribution in [1.82, 2.24) is 5.43 Å². The first kappa shape index (κ1) is 13.1. The van der Waals surface area contributed by atoms with Gasteiger partial charge in [0.05, 0.1) is 26.4 Å². The maximum Gasteiger partial charge on any atom is 0.161 e. The van der Waals surface area contributed by atoms with Crippen LogP contribution >= 0.6 is 0 Å². The summed E-state index contributed by atoms with van der Waals surface area (Å²) in [5.74, 6) is 7.06. The van der Waals surface area contributed by atoms with Gasteiger partial charge in [-0.1, -0.05) is 6.07 Å². The first-order chi connectivity index (χ1) is 8.80. The van der Waals surface area contributed by atoms with Crippen molar-refractivity contribution >= 4 is 0 Å². The molecule has 0 amide bonds. The van der Waals surface area contributed by atoms with Gasteiger partial charge in [-0.2, -0.15) is 0 Å². The molecular formula is C13H20N2O3. The minimum Gasteiger partial charge on any atom is -0.493 e. The summed E-state index contributed by atoms with van der Waals surface area (Å²) in [6, 6.07) is 5.78. The lowest BCUT2D eigenvalue weighted by Gasteiger charge is -2.23. The average molecular weight is 252 g/mol. The van der Waals surface area contributed by atoms with Crippen LogP contribution in [0.5, 0.6) is 11.5 Å². The molecule has 0 aromatic heterocycles. The smallest absolute Gasteiger partial charge is 0.161 e. The molecule has 0 radical (unpaired) electrons. The van der Waals surface area contributed by atoms with E-state index in [4.69, 9.17) is 20.1 Å². The quantitative estimate of drug-likeness (QED) is 0.612. The van der Waals surface area contributed by atoms with Gasteiger partial charge in [0.2, 0.25) is 0 Å². The number of hydrogen-bond acceptors (Lipinski definition) is 5. The van der Waals surface area contributed by atoms with Crippen molar-refractivity contribution in [2.45, 2.75) is 25.0 Å². The molecule has 1 aromatic carbocycles. The fraction of sp³-hybridized carbons (Fsp3) is 0.538. The van der Waals surface area contributed by atoms with Crippen molar-refractivity contribution in [3.8, 4) is 11.5 Å². The summed E-state index contributed by atoms with van der Waals surface area (Å²) in [7, 11) is 3.24. The van der Waals surface area contributed by atoms with E-state index in [9.17, 15) is 0 Å². The third kappa shape index (κ3) is 2.58. The Hall–Kier alpha value is -1.30. The topological polar surface area (TPSA) is 65.7 Å². The third-order valence-corrected chi connectivity index (χ3v) is 3.28. The molecule has 1 aromatic rings. The van der Waals surface area contributed by atoms with Crippen LogP contribution in [-0.4, -0.2) is 26.9 Å². The highest BCUT2D eigenvalue weighted by atomic mass is 16.5. The number of methoxy groups -OCH3 is 2. The number of nitrogens with one attached hydrogen (secondary N) is 1. The largest absolute Gasteiger partial charge is 0.493 e. The summed E-state index contributed by atoms with van der Waals surface area (Å²) >= 11 is 0. The van der Waals surface area contributed by atoms with Gasteiger partial charge in [0.1, 0.15) is 0 Å². The van der Waals surface area contributed by atoms with Gasteiger partial charge in [0.25, 0.3) is 0 Å². The SMILES string of the molecule is COc1ccc(C(NN)C2CCCO2)cc1OC. The summed E-state index contributed by atoms with van der Waals surface area (Å²) in [5, 5.41) is 0. The summed E-state index contributed by atoms with van der Waals surface area (Å²) in [4.78, 5) is 0. The fourth-order valence-electron chi connectivity index (χ4n) is 2.33. The van der Waals surface area contributed by atoms with Crippen LogP contribution in [0, 0.1) is 0 Å². The van der Waals surface area contributed by atoms with E-state index in [1.807, 2.05) is 18.2 Å². The van der Waals surface area contributed by atoms with Gasteiger partial charge < -0.3 is 14.2 Å². The first-order valence-electron chi connectivity index (χ1n) is 6.09. The fourth-order valence-corrected chi connectivity index (χ4v) is 2.33. The Morgan fingerprint density at radius 1 is 1.33 bits per heavy atom. The molecule has 2 rings (SSSR count). The number of hydrazine groups is 1. The molecule has 0 bridgehead atoms. The second-order valence-corrected chi connectivity index (χ2v) is 4.31. The lowest BCUT2D eigenvalue weighted by Crippen LogP contribution is -2.36. The normalized spacial score (nSPS) is 20.7. The van der Waals surface area contributed by atoms with Crippen LogP contribution in [0.15, 0.2) is 18.2 Å². The predicted molar refractivity (Wildman–Crippen MR) is 68.6 cm³/mol. The molecular weight excluding hydrogens is 232 g/mol. The van der Waals surface area contributed by atoms with Gasteiger partial charge in [-0.05, 0) is 30.5 Å². The number of ether oxygens (including phenoxy) is 3. The van der Waals surface area contributed by atoms with E-state index in [0.29, 0.717) is 11.5 Å². The minimum absolute atomic E-state index is 0.0210. The molecule has 100 valence electrons. The zero-order chi connectivity index (χ0) is 13.0. The van der Waals surface area contributed by atoms with Crippen molar-refractivity contribution < 1.29 is 14.2 Å². The number of hydrogen-bond donors (Lipinski definition) is 2. The number of benzene rings is 1.